The van der Waals surface area contributed by atoms with Gasteiger partial charge in [-0.15, -0.1) is 0 Å². The molecule has 8 nitrogen and oxygen atoms in total. The zero-order chi connectivity index (χ0) is 24.7. The molecule has 1 N–H and O–H groups in total. The smallest absolute Gasteiger partial charge is 0.264 e. The van der Waals surface area contributed by atoms with Gasteiger partial charge in [0.2, 0.25) is 0 Å². The number of amides is 1. The van der Waals surface area contributed by atoms with Crippen molar-refractivity contribution in [2.45, 2.75) is 18.7 Å². The van der Waals surface area contributed by atoms with Gasteiger partial charge in [-0.2, -0.15) is 5.10 Å². The first-order valence-electron chi connectivity index (χ1n) is 10.5. The van der Waals surface area contributed by atoms with Gasteiger partial charge in [-0.05, 0) is 49.7 Å². The fourth-order valence-corrected chi connectivity index (χ4v) is 4.82. The SMILES string of the molecule is COc1cccc(/C=N\NC(=O)CN(c2ccccc2C)S(=O)(=O)c2ccc(C)cc2)c1OC. The molecule has 0 fully saturated rings. The first kappa shape index (κ1) is 24.8. The van der Waals surface area contributed by atoms with Crippen molar-refractivity contribution >= 4 is 27.8 Å². The van der Waals surface area contributed by atoms with Crippen LogP contribution in [0.3, 0.4) is 0 Å². The molecule has 0 saturated heterocycles. The van der Waals surface area contributed by atoms with Crippen molar-refractivity contribution in [3.63, 3.8) is 0 Å². The summed E-state index contributed by atoms with van der Waals surface area (Å²) in [6.07, 6.45) is 1.41. The molecule has 178 valence electrons. The van der Waals surface area contributed by atoms with Gasteiger partial charge in [0.1, 0.15) is 6.54 Å². The number of ether oxygens (including phenoxy) is 2. The second-order valence-electron chi connectivity index (χ2n) is 7.49. The van der Waals surface area contributed by atoms with Crippen LogP contribution in [0.15, 0.2) is 76.7 Å². The molecular weight excluding hydrogens is 454 g/mol. The summed E-state index contributed by atoms with van der Waals surface area (Å²) in [7, 11) is -0.974. The Bertz CT molecular complexity index is 1290. The molecule has 0 spiro atoms. The Kier molecular flexibility index (Phi) is 7.91. The third-order valence-corrected chi connectivity index (χ3v) is 6.88. The molecule has 34 heavy (non-hydrogen) atoms. The van der Waals surface area contributed by atoms with Crippen molar-refractivity contribution in [2.24, 2.45) is 5.10 Å². The number of rotatable bonds is 9. The number of hydrazone groups is 1. The van der Waals surface area contributed by atoms with E-state index in [2.05, 4.69) is 10.5 Å². The van der Waals surface area contributed by atoms with Gasteiger partial charge in [-0.25, -0.2) is 13.8 Å². The van der Waals surface area contributed by atoms with Crippen LogP contribution in [0.1, 0.15) is 16.7 Å². The van der Waals surface area contributed by atoms with Gasteiger partial charge in [0.25, 0.3) is 15.9 Å². The Morgan fingerprint density at radius 1 is 0.971 bits per heavy atom. The number of hydrogen-bond acceptors (Lipinski definition) is 6. The van der Waals surface area contributed by atoms with Crippen molar-refractivity contribution in [3.8, 4) is 11.5 Å². The van der Waals surface area contributed by atoms with E-state index in [1.165, 1.54) is 32.6 Å². The van der Waals surface area contributed by atoms with Crippen LogP contribution in [0.25, 0.3) is 0 Å². The van der Waals surface area contributed by atoms with E-state index in [-0.39, 0.29) is 4.90 Å². The first-order valence-corrected chi connectivity index (χ1v) is 11.9. The number of methoxy groups -OCH3 is 2. The van der Waals surface area contributed by atoms with Crippen LogP contribution in [0.5, 0.6) is 11.5 Å². The Morgan fingerprint density at radius 3 is 2.32 bits per heavy atom. The van der Waals surface area contributed by atoms with Crippen LogP contribution < -0.4 is 19.2 Å². The maximum atomic E-state index is 13.5. The number of anilines is 1. The maximum absolute atomic E-state index is 13.5. The minimum atomic E-state index is -4.00. The van der Waals surface area contributed by atoms with E-state index in [0.29, 0.717) is 22.7 Å². The van der Waals surface area contributed by atoms with Gasteiger partial charge >= 0.3 is 0 Å². The molecule has 0 bridgehead atoms. The number of nitrogens with zero attached hydrogens (tertiary/aromatic N) is 2. The minimum Gasteiger partial charge on any atom is -0.493 e. The summed E-state index contributed by atoms with van der Waals surface area (Å²) in [6, 6.07) is 18.7. The lowest BCUT2D eigenvalue weighted by atomic mass is 10.2. The lowest BCUT2D eigenvalue weighted by molar-refractivity contribution is -0.119. The Balaban J connectivity index is 1.86. The van der Waals surface area contributed by atoms with Crippen molar-refractivity contribution in [2.75, 3.05) is 25.1 Å². The molecule has 3 aromatic carbocycles. The molecule has 0 heterocycles. The first-order chi connectivity index (χ1) is 16.3. The highest BCUT2D eigenvalue weighted by molar-refractivity contribution is 7.92. The number of benzene rings is 3. The second-order valence-corrected chi connectivity index (χ2v) is 9.35. The van der Waals surface area contributed by atoms with Crippen LogP contribution in [-0.4, -0.2) is 41.3 Å². The maximum Gasteiger partial charge on any atom is 0.264 e. The number of sulfonamides is 1. The molecule has 0 aliphatic carbocycles. The standard InChI is InChI=1S/C25H27N3O5S/c1-18-12-14-21(15-13-18)34(30,31)28(22-10-6-5-8-19(22)2)17-24(29)27-26-16-20-9-7-11-23(32-3)25(20)33-4/h5-16H,17H2,1-4H3,(H,27,29)/b26-16-. The van der Waals surface area contributed by atoms with Gasteiger partial charge in [-0.1, -0.05) is 42.0 Å². The van der Waals surface area contributed by atoms with Gasteiger partial charge < -0.3 is 9.47 Å². The lowest BCUT2D eigenvalue weighted by Gasteiger charge is -2.25. The zero-order valence-electron chi connectivity index (χ0n) is 19.5. The molecular formula is C25H27N3O5S. The fraction of sp³-hybridized carbons (Fsp3) is 0.200. The van der Waals surface area contributed by atoms with Crippen molar-refractivity contribution in [1.29, 1.82) is 0 Å². The quantitative estimate of drug-likeness (QED) is 0.372. The number of hydrogen-bond donors (Lipinski definition) is 1. The molecule has 0 saturated carbocycles. The Morgan fingerprint density at radius 2 is 1.68 bits per heavy atom. The zero-order valence-corrected chi connectivity index (χ0v) is 20.3. The summed E-state index contributed by atoms with van der Waals surface area (Å²) in [5.74, 6) is 0.385. The van der Waals surface area contributed by atoms with E-state index < -0.39 is 22.5 Å². The third kappa shape index (κ3) is 5.55. The summed E-state index contributed by atoms with van der Waals surface area (Å²) in [6.45, 7) is 3.21. The summed E-state index contributed by atoms with van der Waals surface area (Å²) >= 11 is 0. The van der Waals surface area contributed by atoms with E-state index in [0.717, 1.165) is 15.4 Å². The van der Waals surface area contributed by atoms with E-state index >= 15 is 0 Å². The number of carbonyl (C=O) groups excluding carboxylic acids is 1. The van der Waals surface area contributed by atoms with E-state index in [1.54, 1.807) is 61.5 Å². The number of carbonyl (C=O) groups is 1. The Labute approximate surface area is 199 Å². The lowest BCUT2D eigenvalue weighted by Crippen LogP contribution is -2.40. The summed E-state index contributed by atoms with van der Waals surface area (Å²) < 4.78 is 38.6. The van der Waals surface area contributed by atoms with Crippen LogP contribution in [-0.2, 0) is 14.8 Å². The van der Waals surface area contributed by atoms with Crippen LogP contribution >= 0.6 is 0 Å². The number of aryl methyl sites for hydroxylation is 2. The molecule has 0 aliphatic rings. The fourth-order valence-electron chi connectivity index (χ4n) is 3.33. The summed E-state index contributed by atoms with van der Waals surface area (Å²) in [4.78, 5) is 12.8. The topological polar surface area (TPSA) is 97.3 Å². The average Bonchev–Trinajstić information content (AvgIpc) is 2.83. The van der Waals surface area contributed by atoms with Crippen molar-refractivity contribution < 1.29 is 22.7 Å². The van der Waals surface area contributed by atoms with Gasteiger partial charge in [-0.3, -0.25) is 9.10 Å². The second kappa shape index (κ2) is 10.8. The summed E-state index contributed by atoms with van der Waals surface area (Å²) in [5, 5.41) is 3.98. The van der Waals surface area contributed by atoms with E-state index in [1.807, 2.05) is 6.92 Å². The largest absolute Gasteiger partial charge is 0.493 e. The predicted octanol–water partition coefficient (Wildman–Crippen LogP) is 3.67. The molecule has 0 aliphatic heterocycles. The monoisotopic (exact) mass is 481 g/mol. The van der Waals surface area contributed by atoms with Crippen molar-refractivity contribution in [1.82, 2.24) is 5.43 Å². The van der Waals surface area contributed by atoms with E-state index in [9.17, 15) is 13.2 Å². The van der Waals surface area contributed by atoms with Gasteiger partial charge in [0.15, 0.2) is 11.5 Å². The van der Waals surface area contributed by atoms with E-state index in [4.69, 9.17) is 9.47 Å². The molecule has 0 unspecified atom stereocenters. The van der Waals surface area contributed by atoms with Gasteiger partial charge in [0, 0.05) is 5.56 Å². The average molecular weight is 482 g/mol. The highest BCUT2D eigenvalue weighted by Crippen LogP contribution is 2.29. The minimum absolute atomic E-state index is 0.0961. The number of para-hydroxylation sites is 2. The van der Waals surface area contributed by atoms with Crippen LogP contribution in [0.2, 0.25) is 0 Å². The van der Waals surface area contributed by atoms with Crippen molar-refractivity contribution in [3.05, 3.63) is 83.4 Å². The highest BCUT2D eigenvalue weighted by Gasteiger charge is 2.28. The molecule has 0 radical (unpaired) electrons. The predicted molar refractivity (Wildman–Crippen MR) is 132 cm³/mol. The highest BCUT2D eigenvalue weighted by atomic mass is 32.2. The van der Waals surface area contributed by atoms with Gasteiger partial charge in [0.05, 0.1) is 31.0 Å². The molecule has 1 amide bonds. The Hall–Kier alpha value is -3.85. The molecule has 9 heteroatoms. The van der Waals surface area contributed by atoms with Crippen LogP contribution in [0.4, 0.5) is 5.69 Å². The number of nitrogens with one attached hydrogen (secondary N) is 1. The normalized spacial score (nSPS) is 11.3. The summed E-state index contributed by atoms with van der Waals surface area (Å²) in [5.41, 5.74) is 5.05. The third-order valence-electron chi connectivity index (χ3n) is 5.11. The molecule has 3 rings (SSSR count). The molecule has 0 aromatic heterocycles. The van der Waals surface area contributed by atoms with Crippen LogP contribution in [0, 0.1) is 13.8 Å². The molecule has 3 aromatic rings. The molecule has 0 atom stereocenters.